The zero-order valence-electron chi connectivity index (χ0n) is 13.0. The summed E-state index contributed by atoms with van der Waals surface area (Å²) in [6.07, 6.45) is 0. The van der Waals surface area contributed by atoms with Crippen LogP contribution >= 0.6 is 22.7 Å². The Hall–Kier alpha value is -2.18. The van der Waals surface area contributed by atoms with Gasteiger partial charge in [0, 0.05) is 10.8 Å². The summed E-state index contributed by atoms with van der Waals surface area (Å²) < 4.78 is 5.79. The molecule has 0 atom stereocenters. The average molecular weight is 341 g/mol. The van der Waals surface area contributed by atoms with Crippen molar-refractivity contribution in [3.05, 3.63) is 46.1 Å². The van der Waals surface area contributed by atoms with Crippen LogP contribution in [0.25, 0.3) is 21.5 Å². The SMILES string of the molecule is Cc1cc2cccc(Nc3nc(-c4sc(C)nc4C)cs3)c2o1. The Balaban J connectivity index is 1.68. The highest BCUT2D eigenvalue weighted by atomic mass is 32.1. The molecule has 0 unspecified atom stereocenters. The molecule has 116 valence electrons. The number of aryl methyl sites for hydroxylation is 3. The predicted octanol–water partition coefficient (Wildman–Crippen LogP) is 5.68. The molecule has 0 aliphatic rings. The molecule has 0 aliphatic heterocycles. The molecule has 3 heterocycles. The second kappa shape index (κ2) is 5.47. The van der Waals surface area contributed by atoms with Gasteiger partial charge in [-0.15, -0.1) is 22.7 Å². The molecule has 0 bridgehead atoms. The lowest BCUT2D eigenvalue weighted by Crippen LogP contribution is -1.90. The summed E-state index contributed by atoms with van der Waals surface area (Å²) in [5.41, 5.74) is 3.82. The van der Waals surface area contributed by atoms with E-state index in [1.165, 1.54) is 0 Å². The number of hydrogen-bond donors (Lipinski definition) is 1. The van der Waals surface area contributed by atoms with Crippen molar-refractivity contribution in [3.63, 3.8) is 0 Å². The number of fused-ring (bicyclic) bond motifs is 1. The summed E-state index contributed by atoms with van der Waals surface area (Å²) in [4.78, 5) is 10.3. The molecule has 0 spiro atoms. The van der Waals surface area contributed by atoms with Crippen LogP contribution in [0, 0.1) is 20.8 Å². The monoisotopic (exact) mass is 341 g/mol. The fraction of sp³-hybridized carbons (Fsp3) is 0.176. The normalized spacial score (nSPS) is 11.3. The van der Waals surface area contributed by atoms with Crippen LogP contribution in [0.4, 0.5) is 10.8 Å². The lowest BCUT2D eigenvalue weighted by molar-refractivity contribution is 0.579. The van der Waals surface area contributed by atoms with E-state index in [4.69, 9.17) is 9.40 Å². The van der Waals surface area contributed by atoms with E-state index in [0.717, 1.165) is 48.8 Å². The minimum atomic E-state index is 0.854. The highest BCUT2D eigenvalue weighted by Gasteiger charge is 2.13. The van der Waals surface area contributed by atoms with Gasteiger partial charge in [0.1, 0.15) is 5.76 Å². The lowest BCUT2D eigenvalue weighted by Gasteiger charge is -2.02. The van der Waals surface area contributed by atoms with Crippen molar-refractivity contribution >= 4 is 44.5 Å². The molecule has 4 aromatic rings. The number of rotatable bonds is 3. The molecule has 6 heteroatoms. The summed E-state index contributed by atoms with van der Waals surface area (Å²) in [7, 11) is 0. The first-order valence-electron chi connectivity index (χ1n) is 7.26. The maximum Gasteiger partial charge on any atom is 0.187 e. The third-order valence-corrected chi connectivity index (χ3v) is 5.40. The van der Waals surface area contributed by atoms with Crippen molar-refractivity contribution in [2.45, 2.75) is 20.8 Å². The number of hydrogen-bond acceptors (Lipinski definition) is 6. The highest BCUT2D eigenvalue weighted by molar-refractivity contribution is 7.16. The van der Waals surface area contributed by atoms with Gasteiger partial charge in [0.05, 0.1) is 27.0 Å². The predicted molar refractivity (Wildman–Crippen MR) is 96.9 cm³/mol. The van der Waals surface area contributed by atoms with Gasteiger partial charge < -0.3 is 9.73 Å². The first kappa shape index (κ1) is 14.4. The molecule has 0 amide bonds. The summed E-state index contributed by atoms with van der Waals surface area (Å²) in [5, 5.41) is 8.45. The van der Waals surface area contributed by atoms with Gasteiger partial charge in [-0.3, -0.25) is 0 Å². The summed E-state index contributed by atoms with van der Waals surface area (Å²) in [6.45, 7) is 6.00. The molecular weight excluding hydrogens is 326 g/mol. The molecule has 4 rings (SSSR count). The third kappa shape index (κ3) is 2.64. The lowest BCUT2D eigenvalue weighted by atomic mass is 10.2. The second-order valence-corrected chi connectivity index (χ2v) is 7.45. The summed E-state index contributed by atoms with van der Waals surface area (Å²) in [6, 6.07) is 8.12. The number of aromatic nitrogens is 2. The maximum atomic E-state index is 5.79. The molecule has 0 radical (unpaired) electrons. The van der Waals surface area contributed by atoms with Crippen molar-refractivity contribution in [2.75, 3.05) is 5.32 Å². The number of furan rings is 1. The minimum Gasteiger partial charge on any atom is -0.459 e. The Kier molecular flexibility index (Phi) is 3.43. The number of thiazole rings is 2. The Morgan fingerprint density at radius 2 is 2.00 bits per heavy atom. The van der Waals surface area contributed by atoms with Crippen LogP contribution in [0.1, 0.15) is 16.5 Å². The second-order valence-electron chi connectivity index (χ2n) is 5.39. The van der Waals surface area contributed by atoms with Gasteiger partial charge in [-0.2, -0.15) is 0 Å². The highest BCUT2D eigenvalue weighted by Crippen LogP contribution is 2.34. The quantitative estimate of drug-likeness (QED) is 0.521. The van der Waals surface area contributed by atoms with Gasteiger partial charge in [0.25, 0.3) is 0 Å². The van der Waals surface area contributed by atoms with E-state index in [1.807, 2.05) is 45.0 Å². The van der Waals surface area contributed by atoms with Crippen molar-refractivity contribution in [2.24, 2.45) is 0 Å². The molecule has 0 aliphatic carbocycles. The maximum absolute atomic E-state index is 5.79. The molecule has 1 N–H and O–H groups in total. The van der Waals surface area contributed by atoms with E-state index in [0.29, 0.717) is 0 Å². The van der Waals surface area contributed by atoms with Gasteiger partial charge >= 0.3 is 0 Å². The summed E-state index contributed by atoms with van der Waals surface area (Å²) in [5.74, 6) is 0.907. The van der Waals surface area contributed by atoms with E-state index < -0.39 is 0 Å². The van der Waals surface area contributed by atoms with E-state index >= 15 is 0 Å². The van der Waals surface area contributed by atoms with Crippen molar-refractivity contribution in [1.29, 1.82) is 0 Å². The van der Waals surface area contributed by atoms with Gasteiger partial charge in [-0.05, 0) is 32.9 Å². The largest absolute Gasteiger partial charge is 0.459 e. The van der Waals surface area contributed by atoms with Gasteiger partial charge in [-0.1, -0.05) is 12.1 Å². The molecule has 1 aromatic carbocycles. The number of anilines is 2. The molecule has 3 aromatic heterocycles. The molecule has 0 fully saturated rings. The number of benzene rings is 1. The van der Waals surface area contributed by atoms with Gasteiger partial charge in [0.15, 0.2) is 10.7 Å². The number of nitrogens with one attached hydrogen (secondary N) is 1. The zero-order chi connectivity index (χ0) is 16.0. The van der Waals surface area contributed by atoms with E-state index in [-0.39, 0.29) is 0 Å². The number of para-hydroxylation sites is 1. The fourth-order valence-corrected chi connectivity index (χ4v) is 4.28. The van der Waals surface area contributed by atoms with Crippen molar-refractivity contribution < 1.29 is 4.42 Å². The zero-order valence-corrected chi connectivity index (χ0v) is 14.6. The molecule has 0 saturated heterocycles. The van der Waals surface area contributed by atoms with Crippen LogP contribution in [0.15, 0.2) is 34.1 Å². The number of nitrogens with zero attached hydrogens (tertiary/aromatic N) is 2. The Morgan fingerprint density at radius 3 is 2.78 bits per heavy atom. The van der Waals surface area contributed by atoms with Crippen molar-refractivity contribution in [1.82, 2.24) is 9.97 Å². The first-order valence-corrected chi connectivity index (χ1v) is 8.96. The first-order chi connectivity index (χ1) is 11.1. The van der Waals surface area contributed by atoms with Crippen LogP contribution in [0.5, 0.6) is 0 Å². The molecule has 23 heavy (non-hydrogen) atoms. The van der Waals surface area contributed by atoms with E-state index in [1.54, 1.807) is 22.7 Å². The van der Waals surface area contributed by atoms with Crippen LogP contribution < -0.4 is 5.32 Å². The van der Waals surface area contributed by atoms with Crippen LogP contribution in [0.2, 0.25) is 0 Å². The molecular formula is C17H15N3OS2. The van der Waals surface area contributed by atoms with E-state index in [9.17, 15) is 0 Å². The van der Waals surface area contributed by atoms with E-state index in [2.05, 4.69) is 15.7 Å². The standard InChI is InChI=1S/C17H15N3OS2/c1-9-7-12-5-4-6-13(15(12)21-9)19-17-20-14(8-22-17)16-10(2)18-11(3)23-16/h4-8H,1-3H3,(H,19,20). The van der Waals surface area contributed by atoms with Gasteiger partial charge in [-0.25, -0.2) is 9.97 Å². The topological polar surface area (TPSA) is 51.0 Å². The Labute approximate surface area is 141 Å². The summed E-state index contributed by atoms with van der Waals surface area (Å²) >= 11 is 3.27. The minimum absolute atomic E-state index is 0.854. The van der Waals surface area contributed by atoms with Crippen molar-refractivity contribution in [3.8, 4) is 10.6 Å². The average Bonchev–Trinajstić information content (AvgIpc) is 3.18. The fourth-order valence-electron chi connectivity index (χ4n) is 2.61. The van der Waals surface area contributed by atoms with Crippen LogP contribution in [-0.4, -0.2) is 9.97 Å². The Bertz CT molecular complexity index is 997. The Morgan fingerprint density at radius 1 is 1.13 bits per heavy atom. The van der Waals surface area contributed by atoms with Crippen LogP contribution in [0.3, 0.4) is 0 Å². The third-order valence-electron chi connectivity index (χ3n) is 3.55. The molecule has 0 saturated carbocycles. The van der Waals surface area contributed by atoms with Crippen LogP contribution in [-0.2, 0) is 0 Å². The van der Waals surface area contributed by atoms with Gasteiger partial charge in [0.2, 0.25) is 0 Å². The smallest absolute Gasteiger partial charge is 0.187 e. The molecule has 4 nitrogen and oxygen atoms in total.